The van der Waals surface area contributed by atoms with Gasteiger partial charge in [0.25, 0.3) is 0 Å². The molecule has 1 amide bonds. The molecular weight excluding hydrogens is 306 g/mol. The molecule has 3 fully saturated rings. The van der Waals surface area contributed by atoms with Gasteiger partial charge in [-0.05, 0) is 62.0 Å². The molecule has 4 unspecified atom stereocenters. The Bertz CT molecular complexity index is 614. The van der Waals surface area contributed by atoms with Crippen LogP contribution in [0.1, 0.15) is 36.5 Å². The molecule has 0 heterocycles. The lowest BCUT2D eigenvalue weighted by Gasteiger charge is -2.37. The molecule has 0 aliphatic heterocycles. The first-order valence-corrected chi connectivity index (χ1v) is 8.86. The SMILES string of the molecule is CCOC(=O)NC1C2CC(OC(=O)c3ccccc3)CC1[C@@H]1C[C@H]21. The fraction of sp³-hybridized carbons (Fsp3) is 0.579. The fourth-order valence-corrected chi connectivity index (χ4v) is 4.83. The molecule has 0 radical (unpaired) electrons. The normalized spacial score (nSPS) is 35.7. The Morgan fingerprint density at radius 2 is 1.71 bits per heavy atom. The number of hydrogen-bond donors (Lipinski definition) is 1. The van der Waals surface area contributed by atoms with Crippen molar-refractivity contribution in [2.24, 2.45) is 23.7 Å². The third-order valence-corrected chi connectivity index (χ3v) is 5.83. The summed E-state index contributed by atoms with van der Waals surface area (Å²) in [6, 6.07) is 9.31. The number of carbonyl (C=O) groups excluding carboxylic acids is 2. The zero-order chi connectivity index (χ0) is 16.7. The van der Waals surface area contributed by atoms with Crippen molar-refractivity contribution in [3.8, 4) is 0 Å². The van der Waals surface area contributed by atoms with E-state index in [9.17, 15) is 9.59 Å². The largest absolute Gasteiger partial charge is 0.459 e. The molecule has 3 aliphatic carbocycles. The van der Waals surface area contributed by atoms with Gasteiger partial charge in [0.05, 0.1) is 12.2 Å². The Kier molecular flexibility index (Phi) is 3.94. The van der Waals surface area contributed by atoms with Gasteiger partial charge in [-0.25, -0.2) is 9.59 Å². The van der Waals surface area contributed by atoms with Gasteiger partial charge in [-0.3, -0.25) is 0 Å². The third kappa shape index (κ3) is 2.76. The number of amides is 1. The summed E-state index contributed by atoms with van der Waals surface area (Å²) in [6.07, 6.45) is 2.58. The maximum absolute atomic E-state index is 12.3. The van der Waals surface area contributed by atoms with Crippen LogP contribution in [0.15, 0.2) is 30.3 Å². The lowest BCUT2D eigenvalue weighted by atomic mass is 9.78. The standard InChI is InChI=1S/C19H23NO4/c1-2-23-19(22)20-17-15-8-12(9-16(17)14-10-13(14)15)24-18(21)11-6-4-3-5-7-11/h3-7,12-17H,2,8-10H2,1H3,(H,20,22)/t12?,13-,14+,15?,16?,17?. The van der Waals surface area contributed by atoms with Crippen molar-refractivity contribution in [3.63, 3.8) is 0 Å². The van der Waals surface area contributed by atoms with Crippen LogP contribution in [0, 0.1) is 23.7 Å². The monoisotopic (exact) mass is 329 g/mol. The van der Waals surface area contributed by atoms with Gasteiger partial charge < -0.3 is 14.8 Å². The molecule has 5 heteroatoms. The van der Waals surface area contributed by atoms with Crippen molar-refractivity contribution in [1.29, 1.82) is 0 Å². The summed E-state index contributed by atoms with van der Waals surface area (Å²) in [5, 5.41) is 3.05. The average molecular weight is 329 g/mol. The number of esters is 1. The zero-order valence-electron chi connectivity index (χ0n) is 13.8. The first-order valence-electron chi connectivity index (χ1n) is 8.86. The minimum absolute atomic E-state index is 0.0410. The van der Waals surface area contributed by atoms with Crippen LogP contribution in [0.5, 0.6) is 0 Å². The van der Waals surface area contributed by atoms with E-state index in [2.05, 4.69) is 5.32 Å². The molecule has 1 aromatic rings. The molecule has 1 N–H and O–H groups in total. The molecule has 0 spiro atoms. The van der Waals surface area contributed by atoms with Gasteiger partial charge in [0.15, 0.2) is 0 Å². The molecule has 0 aromatic heterocycles. The van der Waals surface area contributed by atoms with Crippen LogP contribution in [-0.2, 0) is 9.47 Å². The van der Waals surface area contributed by atoms with Crippen molar-refractivity contribution in [1.82, 2.24) is 5.32 Å². The summed E-state index contributed by atoms with van der Waals surface area (Å²) < 4.78 is 10.8. The average Bonchev–Trinajstić information content (AvgIpc) is 3.33. The van der Waals surface area contributed by atoms with E-state index in [-0.39, 0.29) is 24.2 Å². The fourth-order valence-electron chi connectivity index (χ4n) is 4.83. The highest BCUT2D eigenvalue weighted by Gasteiger charge is 2.63. The molecule has 4 rings (SSSR count). The molecule has 6 atom stereocenters. The number of nitrogens with one attached hydrogen (secondary N) is 1. The number of benzene rings is 1. The number of carbonyl (C=O) groups is 2. The van der Waals surface area contributed by atoms with E-state index in [4.69, 9.17) is 9.47 Å². The molecule has 2 bridgehead atoms. The van der Waals surface area contributed by atoms with E-state index in [1.165, 1.54) is 6.42 Å². The summed E-state index contributed by atoms with van der Waals surface area (Å²) >= 11 is 0. The summed E-state index contributed by atoms with van der Waals surface area (Å²) in [7, 11) is 0. The Labute approximate surface area is 141 Å². The Balaban J connectivity index is 1.39. The smallest absolute Gasteiger partial charge is 0.407 e. The highest BCUT2D eigenvalue weighted by atomic mass is 16.5. The number of rotatable bonds is 4. The van der Waals surface area contributed by atoms with Gasteiger partial charge >= 0.3 is 12.1 Å². The van der Waals surface area contributed by atoms with Crippen molar-refractivity contribution >= 4 is 12.1 Å². The van der Waals surface area contributed by atoms with Gasteiger partial charge in [0.1, 0.15) is 6.10 Å². The highest BCUT2D eigenvalue weighted by Crippen LogP contribution is 2.63. The first-order chi connectivity index (χ1) is 11.7. The van der Waals surface area contributed by atoms with Gasteiger partial charge in [-0.1, -0.05) is 18.2 Å². The Morgan fingerprint density at radius 3 is 2.33 bits per heavy atom. The van der Waals surface area contributed by atoms with E-state index in [1.54, 1.807) is 12.1 Å². The predicted molar refractivity (Wildman–Crippen MR) is 87.4 cm³/mol. The third-order valence-electron chi connectivity index (χ3n) is 5.83. The van der Waals surface area contributed by atoms with Crippen molar-refractivity contribution in [3.05, 3.63) is 35.9 Å². The van der Waals surface area contributed by atoms with E-state index in [0.29, 0.717) is 35.8 Å². The van der Waals surface area contributed by atoms with Crippen molar-refractivity contribution in [2.75, 3.05) is 6.61 Å². The van der Waals surface area contributed by atoms with Crippen LogP contribution in [0.4, 0.5) is 4.79 Å². The molecule has 1 aromatic carbocycles. The molecule has 3 saturated carbocycles. The second-order valence-electron chi connectivity index (χ2n) is 7.15. The molecule has 0 saturated heterocycles. The second-order valence-corrected chi connectivity index (χ2v) is 7.15. The molecule has 5 nitrogen and oxygen atoms in total. The van der Waals surface area contributed by atoms with Gasteiger partial charge in [0.2, 0.25) is 0 Å². The summed E-state index contributed by atoms with van der Waals surface area (Å²) in [5.74, 6) is 1.94. The van der Waals surface area contributed by atoms with E-state index < -0.39 is 0 Å². The Morgan fingerprint density at radius 1 is 1.04 bits per heavy atom. The second kappa shape index (κ2) is 6.11. The zero-order valence-corrected chi connectivity index (χ0v) is 13.8. The quantitative estimate of drug-likeness (QED) is 0.863. The lowest BCUT2D eigenvalue weighted by molar-refractivity contribution is 0.00141. The van der Waals surface area contributed by atoms with Crippen LogP contribution >= 0.6 is 0 Å². The number of hydrogen-bond acceptors (Lipinski definition) is 4. The van der Waals surface area contributed by atoms with Crippen molar-refractivity contribution in [2.45, 2.75) is 38.3 Å². The maximum Gasteiger partial charge on any atom is 0.407 e. The van der Waals surface area contributed by atoms with E-state index >= 15 is 0 Å². The lowest BCUT2D eigenvalue weighted by Crippen LogP contribution is -2.49. The topological polar surface area (TPSA) is 64.6 Å². The minimum Gasteiger partial charge on any atom is -0.459 e. The number of ether oxygens (including phenoxy) is 2. The molecular formula is C19H23NO4. The maximum atomic E-state index is 12.3. The number of alkyl carbamates (subject to hydrolysis) is 1. The minimum atomic E-state index is -0.321. The molecule has 3 aliphatic rings. The first kappa shape index (κ1) is 15.5. The van der Waals surface area contributed by atoms with Crippen LogP contribution in [0.3, 0.4) is 0 Å². The molecule has 24 heavy (non-hydrogen) atoms. The van der Waals surface area contributed by atoms with Crippen LogP contribution in [0.25, 0.3) is 0 Å². The van der Waals surface area contributed by atoms with Gasteiger partial charge in [-0.2, -0.15) is 0 Å². The van der Waals surface area contributed by atoms with Crippen LogP contribution < -0.4 is 5.32 Å². The van der Waals surface area contributed by atoms with Crippen molar-refractivity contribution < 1.29 is 19.1 Å². The number of fused-ring (bicyclic) bond motifs is 5. The van der Waals surface area contributed by atoms with Gasteiger partial charge in [-0.15, -0.1) is 0 Å². The highest BCUT2D eigenvalue weighted by molar-refractivity contribution is 5.89. The van der Waals surface area contributed by atoms with E-state index in [1.807, 2.05) is 25.1 Å². The Hall–Kier alpha value is -2.04. The van der Waals surface area contributed by atoms with Crippen LogP contribution in [-0.4, -0.2) is 30.8 Å². The molecule has 128 valence electrons. The van der Waals surface area contributed by atoms with E-state index in [0.717, 1.165) is 12.8 Å². The van der Waals surface area contributed by atoms with Gasteiger partial charge in [0, 0.05) is 6.04 Å². The van der Waals surface area contributed by atoms with Crippen LogP contribution in [0.2, 0.25) is 0 Å². The summed E-state index contributed by atoms with van der Waals surface area (Å²) in [4.78, 5) is 24.0. The predicted octanol–water partition coefficient (Wildman–Crippen LogP) is 3.00. The summed E-state index contributed by atoms with van der Waals surface area (Å²) in [6.45, 7) is 2.20. The summed E-state index contributed by atoms with van der Waals surface area (Å²) in [5.41, 5.74) is 0.599.